The molecule has 3 nitrogen and oxygen atoms in total. The van der Waals surface area contributed by atoms with Gasteiger partial charge in [0.25, 0.3) is 0 Å². The lowest BCUT2D eigenvalue weighted by Gasteiger charge is -2.36. The van der Waals surface area contributed by atoms with Crippen LogP contribution in [0.3, 0.4) is 0 Å². The van der Waals surface area contributed by atoms with Crippen molar-refractivity contribution in [2.45, 2.75) is 57.8 Å². The first-order chi connectivity index (χ1) is 9.57. The van der Waals surface area contributed by atoms with E-state index in [1.807, 2.05) is 0 Å². The Balaban J connectivity index is 1.52. The molecule has 3 fully saturated rings. The number of sulfone groups is 1. The van der Waals surface area contributed by atoms with E-state index in [4.69, 9.17) is 0 Å². The molecule has 1 atom stereocenters. The Kier molecular flexibility index (Phi) is 4.42. The fraction of sp³-hybridized carbons (Fsp3) is 1.00. The largest absolute Gasteiger partial charge is 0.303 e. The molecular formula is C16H29NO2S. The third-order valence-corrected chi connectivity index (χ3v) is 7.73. The number of hydrogen-bond acceptors (Lipinski definition) is 3. The number of likely N-dealkylation sites (tertiary alicyclic amines) is 1. The van der Waals surface area contributed by atoms with E-state index in [9.17, 15) is 8.42 Å². The second-order valence-electron chi connectivity index (χ2n) is 7.48. The summed E-state index contributed by atoms with van der Waals surface area (Å²) in [4.78, 5) is 2.56. The quantitative estimate of drug-likeness (QED) is 0.787. The first kappa shape index (κ1) is 14.8. The lowest BCUT2D eigenvalue weighted by atomic mass is 9.69. The van der Waals surface area contributed by atoms with Gasteiger partial charge in [0.2, 0.25) is 0 Å². The normalized spacial score (nSPS) is 34.1. The highest BCUT2D eigenvalue weighted by molar-refractivity contribution is 7.91. The van der Waals surface area contributed by atoms with Crippen LogP contribution in [0.25, 0.3) is 0 Å². The Morgan fingerprint density at radius 1 is 0.950 bits per heavy atom. The molecule has 1 saturated carbocycles. The molecule has 2 aliphatic heterocycles. The number of nitrogens with zero attached hydrogens (tertiary/aromatic N) is 1. The van der Waals surface area contributed by atoms with Gasteiger partial charge in [-0.05, 0) is 62.9 Å². The highest BCUT2D eigenvalue weighted by atomic mass is 32.2. The molecule has 0 aromatic carbocycles. The average molecular weight is 299 g/mol. The van der Waals surface area contributed by atoms with Crippen molar-refractivity contribution in [2.75, 3.05) is 31.1 Å². The van der Waals surface area contributed by atoms with Crippen LogP contribution in [0.2, 0.25) is 0 Å². The number of rotatable bonds is 2. The van der Waals surface area contributed by atoms with Gasteiger partial charge in [0.05, 0.1) is 11.5 Å². The molecule has 116 valence electrons. The summed E-state index contributed by atoms with van der Waals surface area (Å²) in [5.41, 5.74) is 0.648. The Bertz CT molecular complexity index is 426. The van der Waals surface area contributed by atoms with E-state index in [0.717, 1.165) is 13.0 Å². The van der Waals surface area contributed by atoms with E-state index in [1.54, 1.807) is 0 Å². The van der Waals surface area contributed by atoms with Crippen LogP contribution in [-0.4, -0.2) is 44.5 Å². The highest BCUT2D eigenvalue weighted by Gasteiger charge is 2.35. The van der Waals surface area contributed by atoms with Crippen LogP contribution in [0.1, 0.15) is 57.8 Å². The van der Waals surface area contributed by atoms with Crippen molar-refractivity contribution in [3.8, 4) is 0 Å². The van der Waals surface area contributed by atoms with E-state index in [1.165, 1.54) is 64.5 Å². The molecule has 1 unspecified atom stereocenters. The van der Waals surface area contributed by atoms with Crippen molar-refractivity contribution < 1.29 is 8.42 Å². The fourth-order valence-electron chi connectivity index (χ4n) is 4.68. The van der Waals surface area contributed by atoms with Crippen LogP contribution in [0.4, 0.5) is 0 Å². The topological polar surface area (TPSA) is 37.4 Å². The minimum Gasteiger partial charge on any atom is -0.303 e. The van der Waals surface area contributed by atoms with Crippen molar-refractivity contribution in [1.82, 2.24) is 4.90 Å². The van der Waals surface area contributed by atoms with E-state index in [0.29, 0.717) is 22.8 Å². The van der Waals surface area contributed by atoms with Crippen molar-refractivity contribution in [2.24, 2.45) is 11.3 Å². The minimum absolute atomic E-state index is 0.403. The van der Waals surface area contributed by atoms with Gasteiger partial charge in [-0.15, -0.1) is 0 Å². The van der Waals surface area contributed by atoms with E-state index >= 15 is 0 Å². The zero-order valence-corrected chi connectivity index (χ0v) is 13.5. The Hall–Kier alpha value is -0.0900. The predicted octanol–water partition coefficient (Wildman–Crippen LogP) is 2.86. The van der Waals surface area contributed by atoms with Crippen LogP contribution in [0.15, 0.2) is 0 Å². The summed E-state index contributed by atoms with van der Waals surface area (Å²) >= 11 is 0. The molecule has 4 heteroatoms. The summed E-state index contributed by atoms with van der Waals surface area (Å²) in [5, 5.41) is 0. The third kappa shape index (κ3) is 3.56. The molecule has 0 bridgehead atoms. The van der Waals surface area contributed by atoms with Crippen LogP contribution in [0, 0.1) is 11.3 Å². The van der Waals surface area contributed by atoms with Gasteiger partial charge in [-0.2, -0.15) is 0 Å². The second-order valence-corrected chi connectivity index (χ2v) is 9.71. The molecule has 0 radical (unpaired) electrons. The summed E-state index contributed by atoms with van der Waals surface area (Å²) < 4.78 is 23.1. The standard InChI is InChI=1S/C16H29NO2S/c18-20(19)12-5-15(14-20)13-17-10-4-8-16(9-11-17)6-2-1-3-7-16/h15H,1-14H2. The molecule has 20 heavy (non-hydrogen) atoms. The lowest BCUT2D eigenvalue weighted by molar-refractivity contribution is 0.155. The Morgan fingerprint density at radius 2 is 1.70 bits per heavy atom. The second kappa shape index (κ2) is 5.96. The molecule has 3 aliphatic rings. The van der Waals surface area contributed by atoms with Gasteiger partial charge in [0, 0.05) is 6.54 Å². The SMILES string of the molecule is O=S1(=O)CCC(CN2CCCC3(CCCCC3)CC2)C1. The van der Waals surface area contributed by atoms with E-state index in [2.05, 4.69) is 4.90 Å². The van der Waals surface area contributed by atoms with Crippen molar-refractivity contribution >= 4 is 9.84 Å². The number of hydrogen-bond donors (Lipinski definition) is 0. The van der Waals surface area contributed by atoms with Gasteiger partial charge in [-0.3, -0.25) is 0 Å². The molecule has 1 spiro atoms. The van der Waals surface area contributed by atoms with Crippen molar-refractivity contribution in [1.29, 1.82) is 0 Å². The molecule has 2 saturated heterocycles. The highest BCUT2D eigenvalue weighted by Crippen LogP contribution is 2.44. The van der Waals surface area contributed by atoms with Gasteiger partial charge < -0.3 is 4.90 Å². The molecule has 3 rings (SSSR count). The molecule has 0 amide bonds. The molecule has 1 aliphatic carbocycles. The maximum absolute atomic E-state index is 11.6. The first-order valence-corrected chi connectivity index (χ1v) is 10.3. The molecular weight excluding hydrogens is 270 g/mol. The molecule has 0 N–H and O–H groups in total. The van der Waals surface area contributed by atoms with Crippen molar-refractivity contribution in [3.63, 3.8) is 0 Å². The van der Waals surface area contributed by atoms with Crippen LogP contribution >= 0.6 is 0 Å². The monoisotopic (exact) mass is 299 g/mol. The first-order valence-electron chi connectivity index (χ1n) is 8.50. The molecule has 2 heterocycles. The van der Waals surface area contributed by atoms with Gasteiger partial charge in [0.15, 0.2) is 9.84 Å². The van der Waals surface area contributed by atoms with Crippen LogP contribution in [0.5, 0.6) is 0 Å². The van der Waals surface area contributed by atoms with Gasteiger partial charge in [0.1, 0.15) is 0 Å². The van der Waals surface area contributed by atoms with Gasteiger partial charge in [-0.1, -0.05) is 19.3 Å². The summed E-state index contributed by atoms with van der Waals surface area (Å²) in [6, 6.07) is 0. The lowest BCUT2D eigenvalue weighted by Crippen LogP contribution is -2.32. The maximum atomic E-state index is 11.6. The van der Waals surface area contributed by atoms with Gasteiger partial charge >= 0.3 is 0 Å². The smallest absolute Gasteiger partial charge is 0.150 e. The Morgan fingerprint density at radius 3 is 2.40 bits per heavy atom. The summed E-state index contributed by atoms with van der Waals surface area (Å²) in [6.07, 6.45) is 12.2. The predicted molar refractivity (Wildman–Crippen MR) is 82.6 cm³/mol. The average Bonchev–Trinajstić information content (AvgIpc) is 2.64. The van der Waals surface area contributed by atoms with Gasteiger partial charge in [-0.25, -0.2) is 8.42 Å². The Labute approximate surface area is 124 Å². The molecule has 0 aromatic heterocycles. The van der Waals surface area contributed by atoms with Crippen LogP contribution < -0.4 is 0 Å². The zero-order chi connectivity index (χ0) is 14.1. The zero-order valence-electron chi connectivity index (χ0n) is 12.6. The summed E-state index contributed by atoms with van der Waals surface area (Å²) in [7, 11) is -2.71. The minimum atomic E-state index is -2.71. The third-order valence-electron chi connectivity index (χ3n) is 5.90. The fourth-order valence-corrected chi connectivity index (χ4v) is 6.52. The van der Waals surface area contributed by atoms with Crippen LogP contribution in [-0.2, 0) is 9.84 Å². The van der Waals surface area contributed by atoms with Crippen molar-refractivity contribution in [3.05, 3.63) is 0 Å². The van der Waals surface area contributed by atoms with E-state index in [-0.39, 0.29) is 0 Å². The van der Waals surface area contributed by atoms with E-state index < -0.39 is 9.84 Å². The summed E-state index contributed by atoms with van der Waals surface area (Å²) in [5.74, 6) is 1.27. The summed E-state index contributed by atoms with van der Waals surface area (Å²) in [6.45, 7) is 3.42. The maximum Gasteiger partial charge on any atom is 0.150 e. The molecule has 0 aromatic rings.